The van der Waals surface area contributed by atoms with Gasteiger partial charge >= 0.3 is 0 Å². The van der Waals surface area contributed by atoms with Crippen molar-refractivity contribution in [2.24, 2.45) is 17.6 Å². The Labute approximate surface area is 119 Å². The van der Waals surface area contributed by atoms with Crippen LogP contribution in [0.2, 0.25) is 0 Å². The Kier molecular flexibility index (Phi) is 3.94. The Balaban J connectivity index is 1.58. The largest absolute Gasteiger partial charge is 0.488 e. The van der Waals surface area contributed by atoms with Crippen molar-refractivity contribution < 1.29 is 9.13 Å². The summed E-state index contributed by atoms with van der Waals surface area (Å²) in [5.74, 6) is 1.97. The van der Waals surface area contributed by atoms with Gasteiger partial charge in [-0.15, -0.1) is 0 Å². The van der Waals surface area contributed by atoms with Crippen molar-refractivity contribution >= 4 is 0 Å². The van der Waals surface area contributed by atoms with Gasteiger partial charge in [0.25, 0.3) is 0 Å². The molecule has 1 aromatic carbocycles. The number of nitrogens with two attached hydrogens (primary N) is 1. The lowest BCUT2D eigenvalue weighted by molar-refractivity contribution is 0.0881. The van der Waals surface area contributed by atoms with E-state index >= 15 is 0 Å². The molecule has 0 radical (unpaired) electrons. The van der Waals surface area contributed by atoms with Gasteiger partial charge in [0.1, 0.15) is 17.7 Å². The number of fused-ring (bicyclic) bond motifs is 1. The number of ether oxygens (including phenoxy) is 1. The maximum absolute atomic E-state index is 13.2. The molecule has 2 heterocycles. The molecular formula is C16H23FN2O. The van der Waals surface area contributed by atoms with Crippen molar-refractivity contribution in [3.63, 3.8) is 0 Å². The molecule has 1 fully saturated rings. The molecule has 0 spiro atoms. The number of likely N-dealkylation sites (tertiary alicyclic amines) is 1. The van der Waals surface area contributed by atoms with Crippen molar-refractivity contribution in [3.8, 4) is 5.75 Å². The van der Waals surface area contributed by atoms with Gasteiger partial charge < -0.3 is 10.5 Å². The van der Waals surface area contributed by atoms with Gasteiger partial charge in [-0.2, -0.15) is 0 Å². The Morgan fingerprint density at radius 1 is 1.45 bits per heavy atom. The Bertz CT molecular complexity index is 480. The van der Waals surface area contributed by atoms with Crippen molar-refractivity contribution in [1.29, 1.82) is 0 Å². The zero-order valence-electron chi connectivity index (χ0n) is 12.0. The minimum Gasteiger partial charge on any atom is -0.488 e. The highest BCUT2D eigenvalue weighted by Gasteiger charge is 2.30. The smallest absolute Gasteiger partial charge is 0.123 e. The number of hydrogen-bond donors (Lipinski definition) is 1. The van der Waals surface area contributed by atoms with Gasteiger partial charge in [0.2, 0.25) is 0 Å². The normalized spacial score (nSPS) is 30.1. The van der Waals surface area contributed by atoms with E-state index in [0.29, 0.717) is 11.8 Å². The number of halogens is 1. The van der Waals surface area contributed by atoms with Gasteiger partial charge in [0.05, 0.1) is 0 Å². The molecule has 3 nitrogen and oxygen atoms in total. The summed E-state index contributed by atoms with van der Waals surface area (Å²) < 4.78 is 19.1. The molecule has 2 N–H and O–H groups in total. The van der Waals surface area contributed by atoms with E-state index in [2.05, 4.69) is 11.8 Å². The van der Waals surface area contributed by atoms with E-state index in [1.807, 2.05) is 0 Å². The lowest BCUT2D eigenvalue weighted by Gasteiger charge is -2.37. The van der Waals surface area contributed by atoms with E-state index in [1.54, 1.807) is 12.1 Å². The van der Waals surface area contributed by atoms with Gasteiger partial charge in [-0.3, -0.25) is 4.90 Å². The number of rotatable bonds is 3. The van der Waals surface area contributed by atoms with Crippen LogP contribution in [-0.2, 0) is 6.42 Å². The molecule has 4 heteroatoms. The first kappa shape index (κ1) is 13.8. The Morgan fingerprint density at radius 2 is 2.30 bits per heavy atom. The van der Waals surface area contributed by atoms with Crippen molar-refractivity contribution in [1.82, 2.24) is 4.90 Å². The van der Waals surface area contributed by atoms with Crippen LogP contribution in [0.4, 0.5) is 4.39 Å². The molecule has 2 aliphatic rings. The zero-order chi connectivity index (χ0) is 14.1. The highest BCUT2D eigenvalue weighted by atomic mass is 19.1. The van der Waals surface area contributed by atoms with Crippen LogP contribution < -0.4 is 10.5 Å². The maximum atomic E-state index is 13.2. The van der Waals surface area contributed by atoms with Crippen LogP contribution in [0, 0.1) is 17.7 Å². The van der Waals surface area contributed by atoms with E-state index < -0.39 is 0 Å². The summed E-state index contributed by atoms with van der Waals surface area (Å²) in [5.41, 5.74) is 6.85. The molecule has 0 saturated carbocycles. The molecule has 0 aromatic heterocycles. The van der Waals surface area contributed by atoms with Crippen LogP contribution in [0.25, 0.3) is 0 Å². The number of piperidine rings is 1. The minimum atomic E-state index is -0.178. The Morgan fingerprint density at radius 3 is 3.10 bits per heavy atom. The summed E-state index contributed by atoms with van der Waals surface area (Å²) >= 11 is 0. The average molecular weight is 278 g/mol. The average Bonchev–Trinajstić information content (AvgIpc) is 2.82. The molecule has 110 valence electrons. The van der Waals surface area contributed by atoms with Crippen LogP contribution in [0.3, 0.4) is 0 Å². The second-order valence-corrected chi connectivity index (χ2v) is 6.22. The third kappa shape index (κ3) is 2.81. The first-order valence-corrected chi connectivity index (χ1v) is 7.53. The van der Waals surface area contributed by atoms with Crippen LogP contribution in [0.15, 0.2) is 18.2 Å². The highest BCUT2D eigenvalue weighted by molar-refractivity contribution is 5.37. The highest BCUT2D eigenvalue weighted by Crippen LogP contribution is 2.30. The van der Waals surface area contributed by atoms with E-state index in [0.717, 1.165) is 43.9 Å². The lowest BCUT2D eigenvalue weighted by Crippen LogP contribution is -2.46. The van der Waals surface area contributed by atoms with E-state index in [-0.39, 0.29) is 11.9 Å². The molecule has 1 aromatic rings. The predicted octanol–water partition coefficient (Wildman–Crippen LogP) is 2.05. The summed E-state index contributed by atoms with van der Waals surface area (Å²) in [6.45, 7) is 6.14. The second-order valence-electron chi connectivity index (χ2n) is 6.22. The van der Waals surface area contributed by atoms with Gasteiger partial charge in [-0.05, 0) is 49.5 Å². The fraction of sp³-hybridized carbons (Fsp3) is 0.625. The first-order valence-electron chi connectivity index (χ1n) is 7.53. The quantitative estimate of drug-likeness (QED) is 0.919. The summed E-state index contributed by atoms with van der Waals surface area (Å²) in [4.78, 5) is 2.45. The zero-order valence-corrected chi connectivity index (χ0v) is 12.0. The molecular weight excluding hydrogens is 255 g/mol. The second kappa shape index (κ2) is 5.70. The fourth-order valence-electron chi connectivity index (χ4n) is 3.38. The maximum Gasteiger partial charge on any atom is 0.123 e. The number of hydrogen-bond acceptors (Lipinski definition) is 3. The molecule has 0 aliphatic carbocycles. The lowest BCUT2D eigenvalue weighted by atomic mass is 9.87. The van der Waals surface area contributed by atoms with Crippen molar-refractivity contribution in [2.75, 3.05) is 26.2 Å². The summed E-state index contributed by atoms with van der Waals surface area (Å²) in [5, 5.41) is 0. The van der Waals surface area contributed by atoms with Gasteiger partial charge in [-0.25, -0.2) is 4.39 Å². The van der Waals surface area contributed by atoms with Gasteiger partial charge in [0.15, 0.2) is 0 Å². The monoisotopic (exact) mass is 278 g/mol. The molecule has 0 bridgehead atoms. The topological polar surface area (TPSA) is 38.5 Å². The minimum absolute atomic E-state index is 0.152. The molecule has 20 heavy (non-hydrogen) atoms. The van der Waals surface area contributed by atoms with Gasteiger partial charge in [-0.1, -0.05) is 6.92 Å². The molecule has 3 unspecified atom stereocenters. The molecule has 1 saturated heterocycles. The summed E-state index contributed by atoms with van der Waals surface area (Å²) in [7, 11) is 0. The summed E-state index contributed by atoms with van der Waals surface area (Å²) in [6.07, 6.45) is 2.17. The molecule has 3 rings (SSSR count). The fourth-order valence-corrected chi connectivity index (χ4v) is 3.38. The van der Waals surface area contributed by atoms with Crippen molar-refractivity contribution in [2.45, 2.75) is 25.9 Å². The molecule has 0 amide bonds. The SMILES string of the molecule is CC1CCN(CC2Cc3cc(F)ccc3O2)CC1CN. The van der Waals surface area contributed by atoms with E-state index in [4.69, 9.17) is 10.5 Å². The molecule has 2 aliphatic heterocycles. The Hall–Kier alpha value is -1.13. The van der Waals surface area contributed by atoms with Crippen LogP contribution >= 0.6 is 0 Å². The van der Waals surface area contributed by atoms with E-state index in [1.165, 1.54) is 12.5 Å². The third-order valence-corrected chi connectivity index (χ3v) is 4.73. The van der Waals surface area contributed by atoms with Crippen LogP contribution in [-0.4, -0.2) is 37.2 Å². The third-order valence-electron chi connectivity index (χ3n) is 4.73. The predicted molar refractivity (Wildman–Crippen MR) is 77.3 cm³/mol. The first-order chi connectivity index (χ1) is 9.65. The number of benzene rings is 1. The molecule has 3 atom stereocenters. The van der Waals surface area contributed by atoms with Crippen LogP contribution in [0.1, 0.15) is 18.9 Å². The van der Waals surface area contributed by atoms with Crippen LogP contribution in [0.5, 0.6) is 5.75 Å². The van der Waals surface area contributed by atoms with Crippen molar-refractivity contribution in [3.05, 3.63) is 29.6 Å². The van der Waals surface area contributed by atoms with E-state index in [9.17, 15) is 4.39 Å². The standard InChI is InChI=1S/C16H23FN2O/c1-11-4-5-19(9-13(11)8-18)10-15-7-12-6-14(17)2-3-16(12)20-15/h2-3,6,11,13,15H,4-5,7-10,18H2,1H3. The summed E-state index contributed by atoms with van der Waals surface area (Å²) in [6, 6.07) is 4.80. The van der Waals surface area contributed by atoms with Gasteiger partial charge in [0, 0.05) is 25.1 Å². The number of nitrogens with zero attached hydrogens (tertiary/aromatic N) is 1.